The van der Waals surface area contributed by atoms with Gasteiger partial charge in [0.05, 0.1) is 37.0 Å². The van der Waals surface area contributed by atoms with E-state index in [1.54, 1.807) is 28.5 Å². The SMILES string of the molecule is C[C@@H]1[C@@H](C(C)(C)O)[C@H](CC(=O)N(CCO)Cc2ccccc2)O[C@@]12C(=O)N(Cc1ccccc1)c1ccc(N3CCCCC3=O)cc12. The highest BCUT2D eigenvalue weighted by atomic mass is 16.5. The van der Waals surface area contributed by atoms with Gasteiger partial charge in [0.15, 0.2) is 5.60 Å². The van der Waals surface area contributed by atoms with Crippen molar-refractivity contribution >= 4 is 29.1 Å². The molecule has 3 heterocycles. The summed E-state index contributed by atoms with van der Waals surface area (Å²) in [6, 6.07) is 25.1. The van der Waals surface area contributed by atoms with Gasteiger partial charge in [0.25, 0.3) is 5.91 Å². The first-order valence-corrected chi connectivity index (χ1v) is 16.7. The van der Waals surface area contributed by atoms with E-state index >= 15 is 0 Å². The standard InChI is InChI=1S/C38H45N3O6/c1-26-35(37(2,3)46)32(23-34(44)39(20-21-42)24-27-12-6-4-7-13-27)47-38(26)30-22-29(40-19-11-10-16-33(40)43)17-18-31(30)41(36(38)45)25-28-14-8-5-9-15-28/h4-9,12-15,17-18,22,26,32,35,42,46H,10-11,16,19-21,23-25H2,1-3H3/t26-,32+,35-,38+/m1/s1. The van der Waals surface area contributed by atoms with Crippen LogP contribution in [0.15, 0.2) is 78.9 Å². The molecule has 2 N–H and O–H groups in total. The maximum atomic E-state index is 14.8. The molecule has 0 unspecified atom stereocenters. The van der Waals surface area contributed by atoms with Crippen molar-refractivity contribution in [3.63, 3.8) is 0 Å². The summed E-state index contributed by atoms with van der Waals surface area (Å²) >= 11 is 0. The Labute approximate surface area is 276 Å². The fourth-order valence-electron chi connectivity index (χ4n) is 7.95. The van der Waals surface area contributed by atoms with Crippen molar-refractivity contribution in [1.29, 1.82) is 0 Å². The first kappa shape index (κ1) is 32.9. The number of rotatable bonds is 10. The van der Waals surface area contributed by atoms with Gasteiger partial charge in [-0.05, 0) is 56.0 Å². The molecule has 3 amide bonds. The molecule has 4 atom stereocenters. The molecule has 3 aliphatic heterocycles. The van der Waals surface area contributed by atoms with Crippen LogP contribution in [0.2, 0.25) is 0 Å². The molecule has 0 radical (unpaired) electrons. The van der Waals surface area contributed by atoms with E-state index in [4.69, 9.17) is 4.74 Å². The van der Waals surface area contributed by atoms with Gasteiger partial charge in [0, 0.05) is 49.1 Å². The fraction of sp³-hybridized carbons (Fsp3) is 0.447. The van der Waals surface area contributed by atoms with Crippen LogP contribution in [-0.4, -0.2) is 64.2 Å². The lowest BCUT2D eigenvalue weighted by Gasteiger charge is -2.34. The van der Waals surface area contributed by atoms with Gasteiger partial charge in [0.2, 0.25) is 11.8 Å². The van der Waals surface area contributed by atoms with Crippen LogP contribution < -0.4 is 9.80 Å². The largest absolute Gasteiger partial charge is 0.395 e. The van der Waals surface area contributed by atoms with Gasteiger partial charge in [-0.15, -0.1) is 0 Å². The maximum absolute atomic E-state index is 14.8. The van der Waals surface area contributed by atoms with Crippen molar-refractivity contribution in [3.8, 4) is 0 Å². The Morgan fingerprint density at radius 3 is 2.32 bits per heavy atom. The third-order valence-corrected chi connectivity index (χ3v) is 10.1. The number of carbonyl (C=O) groups excluding carboxylic acids is 3. The van der Waals surface area contributed by atoms with Gasteiger partial charge < -0.3 is 29.6 Å². The second-order valence-electron chi connectivity index (χ2n) is 13.7. The molecule has 3 aromatic rings. The van der Waals surface area contributed by atoms with E-state index in [1.165, 1.54) is 0 Å². The van der Waals surface area contributed by atoms with Gasteiger partial charge in [-0.3, -0.25) is 14.4 Å². The van der Waals surface area contributed by atoms with E-state index in [2.05, 4.69) is 0 Å². The average molecular weight is 640 g/mol. The van der Waals surface area contributed by atoms with Crippen molar-refractivity contribution in [2.24, 2.45) is 11.8 Å². The van der Waals surface area contributed by atoms with Crippen molar-refractivity contribution in [2.45, 2.75) is 76.9 Å². The predicted molar refractivity (Wildman–Crippen MR) is 179 cm³/mol. The monoisotopic (exact) mass is 639 g/mol. The van der Waals surface area contributed by atoms with E-state index < -0.39 is 29.1 Å². The number of nitrogens with zero attached hydrogens (tertiary/aromatic N) is 3. The molecule has 0 aromatic heterocycles. The Kier molecular flexibility index (Phi) is 9.25. The number of aliphatic hydroxyl groups is 2. The van der Waals surface area contributed by atoms with E-state index in [-0.39, 0.29) is 37.3 Å². The third-order valence-electron chi connectivity index (χ3n) is 10.1. The molecular formula is C38H45N3O6. The molecule has 0 aliphatic carbocycles. The minimum Gasteiger partial charge on any atom is -0.395 e. The summed E-state index contributed by atoms with van der Waals surface area (Å²) in [4.78, 5) is 46.9. The smallest absolute Gasteiger partial charge is 0.264 e. The molecule has 6 rings (SSSR count). The average Bonchev–Trinajstić information content (AvgIpc) is 3.48. The normalized spacial score (nSPS) is 24.2. The molecule has 47 heavy (non-hydrogen) atoms. The Morgan fingerprint density at radius 1 is 1.00 bits per heavy atom. The Balaban J connectivity index is 1.40. The Hall–Kier alpha value is -4.05. The summed E-state index contributed by atoms with van der Waals surface area (Å²) in [6.45, 7) is 6.53. The van der Waals surface area contributed by atoms with Crippen molar-refractivity contribution < 1.29 is 29.3 Å². The van der Waals surface area contributed by atoms with Crippen LogP contribution in [0.1, 0.15) is 63.1 Å². The zero-order valence-electron chi connectivity index (χ0n) is 27.5. The number of amides is 3. The third kappa shape index (κ3) is 6.20. The summed E-state index contributed by atoms with van der Waals surface area (Å²) in [7, 11) is 0. The molecule has 1 spiro atoms. The quantitative estimate of drug-likeness (QED) is 0.331. The highest BCUT2D eigenvalue weighted by Gasteiger charge is 2.66. The van der Waals surface area contributed by atoms with E-state index in [0.717, 1.165) is 24.0 Å². The lowest BCUT2D eigenvalue weighted by Crippen LogP contribution is -2.46. The minimum atomic E-state index is -1.48. The summed E-state index contributed by atoms with van der Waals surface area (Å²) < 4.78 is 6.92. The Morgan fingerprint density at radius 2 is 1.68 bits per heavy atom. The van der Waals surface area contributed by atoms with Crippen LogP contribution in [-0.2, 0) is 37.8 Å². The van der Waals surface area contributed by atoms with E-state index in [9.17, 15) is 24.6 Å². The second-order valence-corrected chi connectivity index (χ2v) is 13.7. The van der Waals surface area contributed by atoms with E-state index in [1.807, 2.05) is 85.8 Å². The zero-order chi connectivity index (χ0) is 33.3. The first-order chi connectivity index (χ1) is 22.5. The molecular weight excluding hydrogens is 594 g/mol. The van der Waals surface area contributed by atoms with Crippen LogP contribution in [0.25, 0.3) is 0 Å². The van der Waals surface area contributed by atoms with Crippen molar-refractivity contribution in [3.05, 3.63) is 95.6 Å². The molecule has 3 aliphatic rings. The first-order valence-electron chi connectivity index (χ1n) is 16.7. The number of hydrogen-bond acceptors (Lipinski definition) is 6. The lowest BCUT2D eigenvalue weighted by atomic mass is 9.70. The molecule has 9 heteroatoms. The number of benzene rings is 3. The van der Waals surface area contributed by atoms with Crippen LogP contribution in [0, 0.1) is 11.8 Å². The molecule has 2 saturated heterocycles. The highest BCUT2D eigenvalue weighted by molar-refractivity contribution is 6.08. The van der Waals surface area contributed by atoms with Gasteiger partial charge in [-0.2, -0.15) is 0 Å². The van der Waals surface area contributed by atoms with Crippen LogP contribution >= 0.6 is 0 Å². The summed E-state index contributed by atoms with van der Waals surface area (Å²) in [5.41, 5.74) is 1.19. The number of anilines is 2. The van der Waals surface area contributed by atoms with Gasteiger partial charge in [-0.25, -0.2) is 0 Å². The maximum Gasteiger partial charge on any atom is 0.264 e. The summed E-state index contributed by atoms with van der Waals surface area (Å²) in [5.74, 6) is -1.51. The van der Waals surface area contributed by atoms with Gasteiger partial charge in [0.1, 0.15) is 0 Å². The number of ether oxygens (including phenoxy) is 1. The summed E-state index contributed by atoms with van der Waals surface area (Å²) in [5, 5.41) is 21.4. The predicted octanol–water partition coefficient (Wildman–Crippen LogP) is 4.78. The minimum absolute atomic E-state index is 0.0522. The van der Waals surface area contributed by atoms with Crippen molar-refractivity contribution in [1.82, 2.24) is 4.90 Å². The number of fused-ring (bicyclic) bond motifs is 2. The number of piperidine rings is 1. The van der Waals surface area contributed by atoms with Crippen LogP contribution in [0.5, 0.6) is 0 Å². The van der Waals surface area contributed by atoms with Crippen LogP contribution in [0.4, 0.5) is 11.4 Å². The number of carbonyl (C=O) groups is 3. The molecule has 248 valence electrons. The molecule has 2 fully saturated rings. The lowest BCUT2D eigenvalue weighted by molar-refractivity contribution is -0.150. The van der Waals surface area contributed by atoms with Crippen LogP contribution in [0.3, 0.4) is 0 Å². The van der Waals surface area contributed by atoms with E-state index in [0.29, 0.717) is 43.0 Å². The zero-order valence-corrected chi connectivity index (χ0v) is 27.5. The molecule has 0 bridgehead atoms. The fourth-order valence-corrected chi connectivity index (χ4v) is 7.95. The van der Waals surface area contributed by atoms with Gasteiger partial charge in [-0.1, -0.05) is 67.6 Å². The Bertz CT molecular complexity index is 1610. The van der Waals surface area contributed by atoms with Crippen molar-refractivity contribution in [2.75, 3.05) is 29.5 Å². The van der Waals surface area contributed by atoms with Gasteiger partial charge >= 0.3 is 0 Å². The summed E-state index contributed by atoms with van der Waals surface area (Å²) in [6.07, 6.45) is 1.38. The topological polar surface area (TPSA) is 111 Å². The second kappa shape index (κ2) is 13.2. The number of aliphatic hydroxyl groups excluding tert-OH is 1. The molecule has 0 saturated carbocycles. The molecule has 3 aromatic carbocycles. The highest BCUT2D eigenvalue weighted by Crippen LogP contribution is 2.58. The molecule has 9 nitrogen and oxygen atoms in total. The number of hydrogen-bond donors (Lipinski definition) is 2.